The smallest absolute Gasteiger partial charge is 0.259 e. The van der Waals surface area contributed by atoms with Gasteiger partial charge in [-0.25, -0.2) is 4.98 Å². The number of morpholine rings is 1. The van der Waals surface area contributed by atoms with Crippen molar-refractivity contribution in [3.8, 4) is 11.1 Å². The Labute approximate surface area is 241 Å². The molecule has 0 amide bonds. The van der Waals surface area contributed by atoms with Gasteiger partial charge in [-0.1, -0.05) is 19.1 Å². The van der Waals surface area contributed by atoms with Crippen LogP contribution in [0.3, 0.4) is 0 Å². The van der Waals surface area contributed by atoms with Crippen LogP contribution in [0.4, 0.5) is 28.7 Å². The van der Waals surface area contributed by atoms with Crippen molar-refractivity contribution in [2.45, 2.75) is 6.92 Å². The van der Waals surface area contributed by atoms with Gasteiger partial charge in [-0.2, -0.15) is 0 Å². The lowest BCUT2D eigenvalue weighted by Crippen LogP contribution is -2.46. The van der Waals surface area contributed by atoms with Crippen molar-refractivity contribution in [2.75, 3.05) is 93.1 Å². The SMILES string of the molecule is CCN1CCN(c2cc3c(-c4cccc(N(C)C)c4)c[nH]c(=O)c3c(Nc3ccc(N4CCOCC4)cc3)n2)CC1. The first kappa shape index (κ1) is 27.1. The van der Waals surface area contributed by atoms with E-state index in [4.69, 9.17) is 9.72 Å². The third-order valence-electron chi connectivity index (χ3n) is 8.19. The van der Waals surface area contributed by atoms with E-state index in [9.17, 15) is 4.79 Å². The minimum Gasteiger partial charge on any atom is -0.378 e. The zero-order chi connectivity index (χ0) is 28.3. The lowest BCUT2D eigenvalue weighted by atomic mass is 10.0. The summed E-state index contributed by atoms with van der Waals surface area (Å²) >= 11 is 0. The molecule has 0 aliphatic carbocycles. The molecule has 2 aromatic heterocycles. The molecule has 2 N–H and O–H groups in total. The lowest BCUT2D eigenvalue weighted by molar-refractivity contribution is 0.122. The number of rotatable bonds is 7. The van der Waals surface area contributed by atoms with Crippen LogP contribution in [0.15, 0.2) is 65.6 Å². The van der Waals surface area contributed by atoms with Crippen LogP contribution in [0.1, 0.15) is 6.92 Å². The summed E-state index contributed by atoms with van der Waals surface area (Å²) in [6, 6.07) is 18.8. The van der Waals surface area contributed by atoms with Gasteiger partial charge in [-0.15, -0.1) is 0 Å². The van der Waals surface area contributed by atoms with E-state index in [1.54, 1.807) is 0 Å². The van der Waals surface area contributed by atoms with Crippen LogP contribution in [0.25, 0.3) is 21.9 Å². The molecule has 214 valence electrons. The van der Waals surface area contributed by atoms with Crippen LogP contribution in [0.5, 0.6) is 0 Å². The molecule has 0 unspecified atom stereocenters. The first-order valence-corrected chi connectivity index (χ1v) is 14.5. The van der Waals surface area contributed by atoms with Gasteiger partial charge in [-0.05, 0) is 54.6 Å². The molecule has 0 spiro atoms. The number of aromatic amines is 1. The number of pyridine rings is 2. The number of hydrogen-bond donors (Lipinski definition) is 2. The molecule has 2 aliphatic rings. The quantitative estimate of drug-likeness (QED) is 0.349. The number of ether oxygens (including phenoxy) is 1. The van der Waals surface area contributed by atoms with Gasteiger partial charge >= 0.3 is 0 Å². The van der Waals surface area contributed by atoms with E-state index >= 15 is 0 Å². The van der Waals surface area contributed by atoms with Crippen LogP contribution in [-0.4, -0.2) is 88.0 Å². The summed E-state index contributed by atoms with van der Waals surface area (Å²) in [6.45, 7) is 10.3. The van der Waals surface area contributed by atoms with E-state index in [1.807, 2.05) is 20.3 Å². The number of benzene rings is 2. The Morgan fingerprint density at radius 2 is 1.71 bits per heavy atom. The van der Waals surface area contributed by atoms with Crippen molar-refractivity contribution in [2.24, 2.45) is 0 Å². The maximum Gasteiger partial charge on any atom is 0.259 e. The third-order valence-corrected chi connectivity index (χ3v) is 8.19. The maximum absolute atomic E-state index is 13.4. The second-order valence-corrected chi connectivity index (χ2v) is 10.9. The second kappa shape index (κ2) is 11.8. The number of hydrogen-bond acceptors (Lipinski definition) is 8. The van der Waals surface area contributed by atoms with E-state index < -0.39 is 0 Å². The summed E-state index contributed by atoms with van der Waals surface area (Å²) in [5, 5.41) is 4.96. The van der Waals surface area contributed by atoms with Gasteiger partial charge < -0.3 is 34.6 Å². The number of nitrogens with zero attached hydrogens (tertiary/aromatic N) is 5. The van der Waals surface area contributed by atoms with E-state index in [0.717, 1.165) is 92.7 Å². The Morgan fingerprint density at radius 3 is 2.41 bits per heavy atom. The summed E-state index contributed by atoms with van der Waals surface area (Å²) in [7, 11) is 4.07. The summed E-state index contributed by atoms with van der Waals surface area (Å²) in [4.78, 5) is 30.7. The van der Waals surface area contributed by atoms with Crippen molar-refractivity contribution in [3.05, 3.63) is 71.1 Å². The number of likely N-dealkylation sites (N-methyl/N-ethyl adjacent to an activating group) is 1. The molecule has 2 saturated heterocycles. The predicted octanol–water partition coefficient (Wildman–Crippen LogP) is 4.38. The topological polar surface area (TPSA) is 80.0 Å². The summed E-state index contributed by atoms with van der Waals surface area (Å²) in [5.41, 5.74) is 5.03. The first-order valence-electron chi connectivity index (χ1n) is 14.5. The minimum atomic E-state index is -0.158. The van der Waals surface area contributed by atoms with Gasteiger partial charge in [0, 0.05) is 87.6 Å². The van der Waals surface area contributed by atoms with E-state index in [0.29, 0.717) is 11.2 Å². The standard InChI is InChI=1S/C32H39N7O2/c1-4-37-12-14-39(15-13-37)29-21-27-28(23-6-5-7-26(20-23)36(2)3)22-33-32(40)30(27)31(35-29)34-24-8-10-25(11-9-24)38-16-18-41-19-17-38/h5-11,20-22H,4,12-19H2,1-3H3,(H,33,40)(H,34,35). The Kier molecular flexibility index (Phi) is 7.80. The molecule has 9 nitrogen and oxygen atoms in total. The first-order chi connectivity index (χ1) is 20.0. The largest absolute Gasteiger partial charge is 0.378 e. The molecule has 0 radical (unpaired) electrons. The Balaban J connectivity index is 1.43. The molecule has 9 heteroatoms. The molecule has 0 bridgehead atoms. The highest BCUT2D eigenvalue weighted by Gasteiger charge is 2.21. The zero-order valence-electron chi connectivity index (χ0n) is 24.2. The summed E-state index contributed by atoms with van der Waals surface area (Å²) in [5.74, 6) is 1.46. The Bertz CT molecular complexity index is 1550. The fourth-order valence-corrected chi connectivity index (χ4v) is 5.71. The number of fused-ring (bicyclic) bond motifs is 1. The van der Waals surface area contributed by atoms with Crippen LogP contribution >= 0.6 is 0 Å². The van der Waals surface area contributed by atoms with Gasteiger partial charge in [0.25, 0.3) is 5.56 Å². The molecule has 2 aromatic carbocycles. The highest BCUT2D eigenvalue weighted by atomic mass is 16.5. The van der Waals surface area contributed by atoms with Crippen LogP contribution in [-0.2, 0) is 4.74 Å². The number of nitrogens with one attached hydrogen (secondary N) is 2. The van der Waals surface area contributed by atoms with Gasteiger partial charge in [0.05, 0.1) is 18.6 Å². The second-order valence-electron chi connectivity index (χ2n) is 10.9. The molecule has 0 saturated carbocycles. The average molecular weight is 554 g/mol. The molecule has 6 rings (SSSR count). The Morgan fingerprint density at radius 1 is 0.951 bits per heavy atom. The zero-order valence-corrected chi connectivity index (χ0v) is 24.2. The molecule has 2 aliphatic heterocycles. The molecule has 4 aromatic rings. The fourth-order valence-electron chi connectivity index (χ4n) is 5.71. The number of aromatic nitrogens is 2. The van der Waals surface area contributed by atoms with E-state index in [-0.39, 0.29) is 5.56 Å². The van der Waals surface area contributed by atoms with Gasteiger partial charge in [0.2, 0.25) is 0 Å². The summed E-state index contributed by atoms with van der Waals surface area (Å²) < 4.78 is 5.51. The highest BCUT2D eigenvalue weighted by Crippen LogP contribution is 2.35. The fraction of sp³-hybridized carbons (Fsp3) is 0.375. The number of piperazine rings is 1. The normalized spacial score (nSPS) is 16.3. The van der Waals surface area contributed by atoms with Gasteiger partial charge in [0.15, 0.2) is 0 Å². The molecule has 41 heavy (non-hydrogen) atoms. The number of H-pyrrole nitrogens is 1. The average Bonchev–Trinajstić information content (AvgIpc) is 3.02. The molecule has 4 heterocycles. The van der Waals surface area contributed by atoms with Crippen molar-refractivity contribution < 1.29 is 4.74 Å². The van der Waals surface area contributed by atoms with E-state index in [2.05, 4.69) is 91.4 Å². The monoisotopic (exact) mass is 553 g/mol. The Hall–Kier alpha value is -4.08. The summed E-state index contributed by atoms with van der Waals surface area (Å²) in [6.07, 6.45) is 1.83. The molecular weight excluding hydrogens is 514 g/mol. The van der Waals surface area contributed by atoms with Gasteiger partial charge in [-0.3, -0.25) is 4.79 Å². The highest BCUT2D eigenvalue weighted by molar-refractivity contribution is 6.03. The van der Waals surface area contributed by atoms with Crippen LogP contribution in [0, 0.1) is 0 Å². The number of anilines is 5. The predicted molar refractivity (Wildman–Crippen MR) is 169 cm³/mol. The molecular formula is C32H39N7O2. The molecule has 2 fully saturated rings. The van der Waals surface area contributed by atoms with Crippen molar-refractivity contribution in [1.82, 2.24) is 14.9 Å². The van der Waals surface area contributed by atoms with E-state index in [1.165, 1.54) is 5.69 Å². The van der Waals surface area contributed by atoms with Crippen molar-refractivity contribution in [1.29, 1.82) is 0 Å². The van der Waals surface area contributed by atoms with Crippen molar-refractivity contribution >= 4 is 39.5 Å². The van der Waals surface area contributed by atoms with Crippen molar-refractivity contribution in [3.63, 3.8) is 0 Å². The molecule has 0 atom stereocenters. The van der Waals surface area contributed by atoms with Crippen LogP contribution < -0.4 is 25.6 Å². The third kappa shape index (κ3) is 5.73. The van der Waals surface area contributed by atoms with Gasteiger partial charge in [0.1, 0.15) is 11.6 Å². The minimum absolute atomic E-state index is 0.158. The maximum atomic E-state index is 13.4. The van der Waals surface area contributed by atoms with Crippen LogP contribution in [0.2, 0.25) is 0 Å². The lowest BCUT2D eigenvalue weighted by Gasteiger charge is -2.35.